The third-order valence-electron chi connectivity index (χ3n) is 3.62. The van der Waals surface area contributed by atoms with Gasteiger partial charge in [-0.05, 0) is 12.1 Å². The summed E-state index contributed by atoms with van der Waals surface area (Å²) < 4.78 is 0. The smallest absolute Gasteiger partial charge is 0.185 e. The summed E-state index contributed by atoms with van der Waals surface area (Å²) in [6.45, 7) is 4.76. The number of anilines is 1. The molecule has 0 amide bonds. The van der Waals surface area contributed by atoms with E-state index in [0.717, 1.165) is 49.7 Å². The molecule has 1 saturated heterocycles. The van der Waals surface area contributed by atoms with Gasteiger partial charge in [0.1, 0.15) is 6.29 Å². The largest absolute Gasteiger partial charge is 0.346 e. The Balaban J connectivity index is 1.51. The Bertz CT molecular complexity index is 679. The predicted molar refractivity (Wildman–Crippen MR) is 89.5 cm³/mol. The summed E-state index contributed by atoms with van der Waals surface area (Å²) in [5.41, 5.74) is 1.56. The maximum absolute atomic E-state index is 10.7. The molecule has 112 valence electrons. The van der Waals surface area contributed by atoms with Crippen LogP contribution in [-0.4, -0.2) is 48.9 Å². The summed E-state index contributed by atoms with van der Waals surface area (Å²) in [5.74, 6) is 6.33. The average molecular weight is 311 g/mol. The number of aldehydes is 1. The zero-order valence-electron chi connectivity index (χ0n) is 12.2. The maximum atomic E-state index is 10.7. The Morgan fingerprint density at radius 1 is 1.27 bits per heavy atom. The highest BCUT2D eigenvalue weighted by atomic mass is 32.1. The number of hydrogen-bond donors (Lipinski definition) is 0. The molecule has 4 nitrogen and oxygen atoms in total. The maximum Gasteiger partial charge on any atom is 0.185 e. The second-order valence-corrected chi connectivity index (χ2v) is 6.00. The van der Waals surface area contributed by atoms with Crippen LogP contribution in [0, 0.1) is 11.8 Å². The first-order valence-corrected chi connectivity index (χ1v) is 8.14. The van der Waals surface area contributed by atoms with Crippen LogP contribution < -0.4 is 4.90 Å². The third-order valence-corrected chi connectivity index (χ3v) is 4.45. The van der Waals surface area contributed by atoms with Crippen LogP contribution in [0.1, 0.15) is 15.9 Å². The quantitative estimate of drug-likeness (QED) is 0.643. The highest BCUT2D eigenvalue weighted by Gasteiger charge is 2.17. The molecule has 1 aliphatic rings. The van der Waals surface area contributed by atoms with Gasteiger partial charge in [-0.2, -0.15) is 0 Å². The molecule has 0 N–H and O–H groups in total. The molecule has 0 bridgehead atoms. The molecule has 0 unspecified atom stereocenters. The molecule has 0 radical (unpaired) electrons. The van der Waals surface area contributed by atoms with E-state index in [1.54, 1.807) is 17.4 Å². The summed E-state index contributed by atoms with van der Waals surface area (Å²) in [4.78, 5) is 19.8. The zero-order chi connectivity index (χ0) is 15.2. The summed E-state index contributed by atoms with van der Waals surface area (Å²) in [6.07, 6.45) is 2.70. The van der Waals surface area contributed by atoms with E-state index in [1.807, 2.05) is 29.8 Å². The van der Waals surface area contributed by atoms with Gasteiger partial charge in [0, 0.05) is 48.9 Å². The summed E-state index contributed by atoms with van der Waals surface area (Å²) >= 11 is 1.69. The average Bonchev–Trinajstić information content (AvgIpc) is 3.10. The lowest BCUT2D eigenvalue weighted by atomic mass is 10.1. The molecule has 22 heavy (non-hydrogen) atoms. The fraction of sp³-hybridized carbons (Fsp3) is 0.294. The van der Waals surface area contributed by atoms with Crippen LogP contribution in [0.3, 0.4) is 0 Å². The van der Waals surface area contributed by atoms with Crippen LogP contribution in [0.2, 0.25) is 0 Å². The molecular weight excluding hydrogens is 294 g/mol. The zero-order valence-corrected chi connectivity index (χ0v) is 13.1. The highest BCUT2D eigenvalue weighted by molar-refractivity contribution is 7.13. The lowest BCUT2D eigenvalue weighted by Crippen LogP contribution is -2.46. The van der Waals surface area contributed by atoms with Gasteiger partial charge < -0.3 is 4.90 Å². The van der Waals surface area contributed by atoms with Crippen LogP contribution in [0.25, 0.3) is 0 Å². The van der Waals surface area contributed by atoms with E-state index in [9.17, 15) is 4.79 Å². The van der Waals surface area contributed by atoms with E-state index in [2.05, 4.69) is 26.6 Å². The van der Waals surface area contributed by atoms with E-state index in [1.165, 1.54) is 0 Å². The number of carbonyl (C=O) groups excluding carboxylic acids is 1. The van der Waals surface area contributed by atoms with Crippen molar-refractivity contribution in [3.05, 3.63) is 47.0 Å². The second-order valence-electron chi connectivity index (χ2n) is 5.12. The van der Waals surface area contributed by atoms with Crippen molar-refractivity contribution in [1.82, 2.24) is 9.88 Å². The van der Waals surface area contributed by atoms with Crippen LogP contribution in [0.15, 0.2) is 35.8 Å². The Morgan fingerprint density at radius 2 is 2.14 bits per heavy atom. The van der Waals surface area contributed by atoms with Crippen molar-refractivity contribution >= 4 is 22.8 Å². The predicted octanol–water partition coefficient (Wildman–Crippen LogP) is 2.13. The van der Waals surface area contributed by atoms with Gasteiger partial charge in [-0.15, -0.1) is 11.3 Å². The van der Waals surface area contributed by atoms with Crippen LogP contribution in [-0.2, 0) is 0 Å². The number of carbonyl (C=O) groups is 1. The van der Waals surface area contributed by atoms with E-state index in [-0.39, 0.29) is 0 Å². The van der Waals surface area contributed by atoms with Crippen molar-refractivity contribution in [3.8, 4) is 11.8 Å². The molecule has 2 aromatic rings. The SMILES string of the molecule is O=Cc1cccc(C#CCN2CCN(c3nccs3)CC2)c1. The van der Waals surface area contributed by atoms with Gasteiger partial charge in [-0.25, -0.2) is 4.98 Å². The number of rotatable bonds is 3. The van der Waals surface area contributed by atoms with Gasteiger partial charge in [0.15, 0.2) is 5.13 Å². The molecule has 5 heteroatoms. The van der Waals surface area contributed by atoms with Crippen molar-refractivity contribution < 1.29 is 4.79 Å². The molecule has 1 aliphatic heterocycles. The van der Waals surface area contributed by atoms with Crippen molar-refractivity contribution in [1.29, 1.82) is 0 Å². The van der Waals surface area contributed by atoms with Gasteiger partial charge >= 0.3 is 0 Å². The number of benzene rings is 1. The topological polar surface area (TPSA) is 36.4 Å². The first-order valence-electron chi connectivity index (χ1n) is 7.26. The number of hydrogen-bond acceptors (Lipinski definition) is 5. The van der Waals surface area contributed by atoms with Crippen molar-refractivity contribution in [2.24, 2.45) is 0 Å². The van der Waals surface area contributed by atoms with E-state index in [0.29, 0.717) is 5.56 Å². The van der Waals surface area contributed by atoms with E-state index >= 15 is 0 Å². The Morgan fingerprint density at radius 3 is 2.86 bits per heavy atom. The number of thiazole rings is 1. The molecule has 3 rings (SSSR count). The number of aromatic nitrogens is 1. The van der Waals surface area contributed by atoms with Crippen molar-refractivity contribution in [2.45, 2.75) is 0 Å². The lowest BCUT2D eigenvalue weighted by Gasteiger charge is -2.33. The minimum absolute atomic E-state index is 0.670. The third kappa shape index (κ3) is 3.73. The van der Waals surface area contributed by atoms with Crippen LogP contribution in [0.5, 0.6) is 0 Å². The Hall–Kier alpha value is -2.16. The summed E-state index contributed by atoms with van der Waals surface area (Å²) in [6, 6.07) is 7.40. The molecule has 1 aromatic heterocycles. The fourth-order valence-electron chi connectivity index (χ4n) is 2.41. The monoisotopic (exact) mass is 311 g/mol. The molecule has 0 spiro atoms. The second kappa shape index (κ2) is 7.21. The summed E-state index contributed by atoms with van der Waals surface area (Å²) in [5, 5.41) is 3.12. The molecule has 0 atom stereocenters. The molecular formula is C17H17N3OS. The van der Waals surface area contributed by atoms with Crippen molar-refractivity contribution in [3.63, 3.8) is 0 Å². The van der Waals surface area contributed by atoms with E-state index < -0.39 is 0 Å². The minimum Gasteiger partial charge on any atom is -0.346 e. The standard InChI is InChI=1S/C17H17N3OS/c21-14-16-4-1-3-15(13-16)5-2-7-19-8-10-20(11-9-19)17-18-6-12-22-17/h1,3-4,6,12-14H,7-11H2. The number of nitrogens with zero attached hydrogens (tertiary/aromatic N) is 3. The molecule has 1 aromatic carbocycles. The minimum atomic E-state index is 0.670. The van der Waals surface area contributed by atoms with Crippen LogP contribution >= 0.6 is 11.3 Å². The normalized spacial score (nSPS) is 15.2. The molecule has 2 heterocycles. The number of piperazine rings is 1. The molecule has 1 fully saturated rings. The van der Waals surface area contributed by atoms with Gasteiger partial charge in [-0.3, -0.25) is 9.69 Å². The highest BCUT2D eigenvalue weighted by Crippen LogP contribution is 2.18. The molecule has 0 saturated carbocycles. The fourth-order valence-corrected chi connectivity index (χ4v) is 3.11. The van der Waals surface area contributed by atoms with Crippen LogP contribution in [0.4, 0.5) is 5.13 Å². The van der Waals surface area contributed by atoms with Gasteiger partial charge in [-0.1, -0.05) is 24.0 Å². The van der Waals surface area contributed by atoms with Crippen molar-refractivity contribution in [2.75, 3.05) is 37.6 Å². The Labute approximate surface area is 134 Å². The molecule has 0 aliphatic carbocycles. The first-order chi connectivity index (χ1) is 10.8. The Kier molecular flexibility index (Phi) is 4.84. The van der Waals surface area contributed by atoms with Gasteiger partial charge in [0.2, 0.25) is 0 Å². The summed E-state index contributed by atoms with van der Waals surface area (Å²) in [7, 11) is 0. The van der Waals surface area contributed by atoms with Gasteiger partial charge in [0.05, 0.1) is 6.54 Å². The lowest BCUT2D eigenvalue weighted by molar-refractivity contribution is 0.112. The van der Waals surface area contributed by atoms with Gasteiger partial charge in [0.25, 0.3) is 0 Å². The van der Waals surface area contributed by atoms with E-state index in [4.69, 9.17) is 0 Å². The first kappa shape index (κ1) is 14.8.